The van der Waals surface area contributed by atoms with Gasteiger partial charge in [0.2, 0.25) is 0 Å². The number of carbonyl (C=O) groups is 1. The zero-order valence-corrected chi connectivity index (χ0v) is 19.7. The second-order valence-corrected chi connectivity index (χ2v) is 9.11. The van der Waals surface area contributed by atoms with Crippen molar-refractivity contribution in [1.29, 1.82) is 0 Å². The van der Waals surface area contributed by atoms with Gasteiger partial charge in [-0.2, -0.15) is 0 Å². The molecule has 4 aromatic rings. The molecule has 5 rings (SSSR count). The molecule has 1 aliphatic rings. The number of carbonyl (C=O) groups excluding carboxylic acids is 1. The third kappa shape index (κ3) is 4.42. The molecule has 2 N–H and O–H groups in total. The third-order valence-corrected chi connectivity index (χ3v) is 6.96. The van der Waals surface area contributed by atoms with Crippen molar-refractivity contribution < 1.29 is 13.9 Å². The first kappa shape index (κ1) is 23.1. The lowest BCUT2D eigenvalue weighted by Gasteiger charge is -2.38. The maximum Gasteiger partial charge on any atom is 0.266 e. The predicted molar refractivity (Wildman–Crippen MR) is 135 cm³/mol. The maximum absolute atomic E-state index is 14.3. The van der Waals surface area contributed by atoms with Crippen molar-refractivity contribution >= 4 is 29.0 Å². The van der Waals surface area contributed by atoms with Crippen molar-refractivity contribution in [2.24, 2.45) is 0 Å². The van der Waals surface area contributed by atoms with E-state index in [1.807, 2.05) is 18.2 Å². The smallest absolute Gasteiger partial charge is 0.266 e. The van der Waals surface area contributed by atoms with E-state index in [0.717, 1.165) is 17.4 Å². The van der Waals surface area contributed by atoms with Crippen LogP contribution in [0.5, 0.6) is 0 Å². The van der Waals surface area contributed by atoms with Crippen LogP contribution in [-0.2, 0) is 10.2 Å². The highest BCUT2D eigenvalue weighted by atomic mass is 32.1. The van der Waals surface area contributed by atoms with E-state index in [0.29, 0.717) is 36.2 Å². The van der Waals surface area contributed by atoms with Crippen molar-refractivity contribution in [1.82, 2.24) is 14.9 Å². The van der Waals surface area contributed by atoms with Crippen LogP contribution in [0, 0.1) is 10.6 Å². The van der Waals surface area contributed by atoms with Gasteiger partial charge in [0.1, 0.15) is 5.82 Å². The monoisotopic (exact) mass is 489 g/mol. The molecule has 0 atom stereocenters. The minimum Gasteiger partial charge on any atom is -0.381 e. The van der Waals surface area contributed by atoms with Crippen molar-refractivity contribution in [3.05, 3.63) is 105 Å². The molecule has 0 bridgehead atoms. The number of nitrogens with one attached hydrogen (secondary N) is 2. The Bertz CT molecular complexity index is 1510. The molecule has 3 aromatic carbocycles. The number of halogens is 1. The first-order chi connectivity index (χ1) is 17.0. The molecule has 0 spiro atoms. The van der Waals surface area contributed by atoms with Crippen molar-refractivity contribution in [3.63, 3.8) is 0 Å². The number of benzene rings is 3. The summed E-state index contributed by atoms with van der Waals surface area (Å²) in [4.78, 5) is 29.2. The molecule has 1 aliphatic heterocycles. The van der Waals surface area contributed by atoms with Gasteiger partial charge in [0.25, 0.3) is 11.5 Å². The highest BCUT2D eigenvalue weighted by molar-refractivity contribution is 7.71. The van der Waals surface area contributed by atoms with Gasteiger partial charge in [-0.25, -0.2) is 8.96 Å². The van der Waals surface area contributed by atoms with Crippen LogP contribution in [0.15, 0.2) is 77.6 Å². The maximum atomic E-state index is 14.3. The number of hydrogen-bond donors (Lipinski definition) is 2. The standard InChI is InChI=1S/C27H24FN3O3S/c28-21-8-4-5-9-23(21)31-25(33)20-11-10-18(16-22(20)30-26(31)35)24(32)29-17-27(12-14-34-15-13-27)19-6-2-1-3-7-19/h1-11,16H,12-15,17H2,(H,29,32)(H,30,35). The van der Waals surface area contributed by atoms with E-state index in [1.54, 1.807) is 30.3 Å². The van der Waals surface area contributed by atoms with Gasteiger partial charge in [-0.15, -0.1) is 0 Å². The summed E-state index contributed by atoms with van der Waals surface area (Å²) in [6, 6.07) is 20.9. The van der Waals surface area contributed by atoms with E-state index < -0.39 is 11.4 Å². The highest BCUT2D eigenvalue weighted by Crippen LogP contribution is 2.34. The molecule has 178 valence electrons. The molecule has 2 heterocycles. The van der Waals surface area contributed by atoms with Crippen LogP contribution >= 0.6 is 12.2 Å². The van der Waals surface area contributed by atoms with Crippen molar-refractivity contribution in [2.75, 3.05) is 19.8 Å². The van der Waals surface area contributed by atoms with Gasteiger partial charge in [-0.1, -0.05) is 42.5 Å². The van der Waals surface area contributed by atoms with Crippen LogP contribution in [0.2, 0.25) is 0 Å². The zero-order chi connectivity index (χ0) is 24.4. The van der Waals surface area contributed by atoms with E-state index >= 15 is 0 Å². The molecule has 1 amide bonds. The molecule has 0 unspecified atom stereocenters. The van der Waals surface area contributed by atoms with Gasteiger partial charge < -0.3 is 15.0 Å². The summed E-state index contributed by atoms with van der Waals surface area (Å²) in [5.74, 6) is -0.795. The molecule has 0 aliphatic carbocycles. The lowest BCUT2D eigenvalue weighted by Crippen LogP contribution is -2.44. The molecule has 0 radical (unpaired) electrons. The topological polar surface area (TPSA) is 76.1 Å². The number of nitrogens with zero attached hydrogens (tertiary/aromatic N) is 1. The van der Waals surface area contributed by atoms with Crippen LogP contribution in [-0.4, -0.2) is 35.2 Å². The summed E-state index contributed by atoms with van der Waals surface area (Å²) >= 11 is 5.35. The molecule has 6 nitrogen and oxygen atoms in total. The molecule has 0 saturated carbocycles. The average molecular weight is 490 g/mol. The quantitative estimate of drug-likeness (QED) is 0.400. The molecule has 1 aromatic heterocycles. The van der Waals surface area contributed by atoms with Crippen molar-refractivity contribution in [2.45, 2.75) is 18.3 Å². The summed E-state index contributed by atoms with van der Waals surface area (Å²) in [7, 11) is 0. The minimum atomic E-state index is -0.551. The first-order valence-electron chi connectivity index (χ1n) is 11.4. The predicted octanol–water partition coefficient (Wildman–Crippen LogP) is 4.67. The minimum absolute atomic E-state index is 0.0513. The fraction of sp³-hybridized carbons (Fsp3) is 0.222. The molecule has 1 fully saturated rings. The van der Waals surface area contributed by atoms with Gasteiger partial charge in [0.05, 0.1) is 16.6 Å². The molecule has 1 saturated heterocycles. The molecular formula is C27H24FN3O3S. The number of aromatic amines is 1. The Balaban J connectivity index is 1.44. The fourth-order valence-corrected chi connectivity index (χ4v) is 4.98. The highest BCUT2D eigenvalue weighted by Gasteiger charge is 2.34. The van der Waals surface area contributed by atoms with Gasteiger partial charge in [-0.3, -0.25) is 9.59 Å². The van der Waals surface area contributed by atoms with Crippen LogP contribution in [0.3, 0.4) is 0 Å². The second kappa shape index (κ2) is 9.56. The van der Waals surface area contributed by atoms with E-state index in [1.165, 1.54) is 17.7 Å². The number of aromatic nitrogens is 2. The lowest BCUT2D eigenvalue weighted by molar-refractivity contribution is 0.0487. The van der Waals surface area contributed by atoms with Crippen LogP contribution in [0.25, 0.3) is 16.6 Å². The number of H-pyrrole nitrogens is 1. The number of hydrogen-bond acceptors (Lipinski definition) is 4. The third-order valence-electron chi connectivity index (χ3n) is 6.68. The number of rotatable bonds is 5. The zero-order valence-electron chi connectivity index (χ0n) is 18.9. The number of fused-ring (bicyclic) bond motifs is 1. The van der Waals surface area contributed by atoms with E-state index in [4.69, 9.17) is 17.0 Å². The van der Waals surface area contributed by atoms with Gasteiger partial charge in [0.15, 0.2) is 4.77 Å². The van der Waals surface area contributed by atoms with E-state index in [9.17, 15) is 14.0 Å². The summed E-state index contributed by atoms with van der Waals surface area (Å²) < 4.78 is 21.1. The van der Waals surface area contributed by atoms with Gasteiger partial charge in [-0.05, 0) is 61.0 Å². The van der Waals surface area contributed by atoms with Crippen molar-refractivity contribution in [3.8, 4) is 5.69 Å². The van der Waals surface area contributed by atoms with Gasteiger partial charge in [0, 0.05) is 30.7 Å². The number of para-hydroxylation sites is 1. The Kier molecular flexibility index (Phi) is 6.32. The van der Waals surface area contributed by atoms with Crippen LogP contribution in [0.1, 0.15) is 28.8 Å². The summed E-state index contributed by atoms with van der Waals surface area (Å²) in [5, 5.41) is 3.39. The van der Waals surface area contributed by atoms with E-state index in [-0.39, 0.29) is 21.8 Å². The average Bonchev–Trinajstić information content (AvgIpc) is 2.89. The van der Waals surface area contributed by atoms with Crippen LogP contribution in [0.4, 0.5) is 4.39 Å². The Morgan fingerprint density at radius 1 is 1.06 bits per heavy atom. The SMILES string of the molecule is O=C(NCC1(c2ccccc2)CCOCC1)c1ccc2c(=O)n(-c3ccccc3F)c(=S)[nH]c2c1. The van der Waals surface area contributed by atoms with E-state index in [2.05, 4.69) is 22.4 Å². The Hall–Kier alpha value is -3.62. The molecule has 35 heavy (non-hydrogen) atoms. The lowest BCUT2D eigenvalue weighted by atomic mass is 9.74. The van der Waals surface area contributed by atoms with Gasteiger partial charge >= 0.3 is 0 Å². The second-order valence-electron chi connectivity index (χ2n) is 8.72. The normalized spacial score (nSPS) is 15.1. The number of amides is 1. The fourth-order valence-electron chi connectivity index (χ4n) is 4.68. The summed E-state index contributed by atoms with van der Waals surface area (Å²) in [5.41, 5.74) is 1.43. The summed E-state index contributed by atoms with van der Waals surface area (Å²) in [6.45, 7) is 1.76. The number of ether oxygens (including phenoxy) is 1. The Labute approximate surface area is 206 Å². The molecule has 8 heteroatoms. The van der Waals surface area contributed by atoms with Crippen LogP contribution < -0.4 is 10.9 Å². The summed E-state index contributed by atoms with van der Waals surface area (Å²) in [6.07, 6.45) is 1.63. The molecular weight excluding hydrogens is 465 g/mol. The largest absolute Gasteiger partial charge is 0.381 e. The Morgan fingerprint density at radius 2 is 1.77 bits per heavy atom. The first-order valence-corrected chi connectivity index (χ1v) is 11.8. The Morgan fingerprint density at radius 3 is 2.51 bits per heavy atom.